The van der Waals surface area contributed by atoms with Crippen LogP contribution in [-0.2, 0) is 0 Å². The SMILES string of the molecule is CCC(CC)CNC1CCC(C(C)C)CC1. The number of hydrogen-bond donors (Lipinski definition) is 1. The van der Waals surface area contributed by atoms with Crippen LogP contribution in [0.4, 0.5) is 0 Å². The van der Waals surface area contributed by atoms with Crippen molar-refractivity contribution in [3.63, 3.8) is 0 Å². The number of nitrogens with one attached hydrogen (secondary N) is 1. The van der Waals surface area contributed by atoms with Gasteiger partial charge in [0.2, 0.25) is 0 Å². The molecule has 16 heavy (non-hydrogen) atoms. The summed E-state index contributed by atoms with van der Waals surface area (Å²) >= 11 is 0. The fraction of sp³-hybridized carbons (Fsp3) is 1.00. The molecule has 1 heteroatoms. The van der Waals surface area contributed by atoms with E-state index in [1.165, 1.54) is 45.1 Å². The molecule has 0 heterocycles. The van der Waals surface area contributed by atoms with E-state index < -0.39 is 0 Å². The molecule has 0 radical (unpaired) electrons. The van der Waals surface area contributed by atoms with Crippen LogP contribution in [-0.4, -0.2) is 12.6 Å². The van der Waals surface area contributed by atoms with Gasteiger partial charge in [-0.25, -0.2) is 0 Å². The van der Waals surface area contributed by atoms with Crippen molar-refractivity contribution < 1.29 is 0 Å². The van der Waals surface area contributed by atoms with Gasteiger partial charge in [-0.1, -0.05) is 40.5 Å². The first kappa shape index (κ1) is 14.0. The molecule has 0 unspecified atom stereocenters. The molecule has 1 nitrogen and oxygen atoms in total. The highest BCUT2D eigenvalue weighted by Gasteiger charge is 2.22. The molecule has 0 aromatic heterocycles. The Morgan fingerprint density at radius 1 is 1.00 bits per heavy atom. The monoisotopic (exact) mass is 225 g/mol. The molecule has 0 amide bonds. The molecule has 0 spiro atoms. The van der Waals surface area contributed by atoms with Crippen molar-refractivity contribution in [2.45, 2.75) is 72.3 Å². The summed E-state index contributed by atoms with van der Waals surface area (Å²) in [5, 5.41) is 3.78. The summed E-state index contributed by atoms with van der Waals surface area (Å²) in [5.74, 6) is 2.77. The molecular formula is C15H31N. The van der Waals surface area contributed by atoms with Gasteiger partial charge in [-0.05, 0) is 50.0 Å². The first-order chi connectivity index (χ1) is 7.67. The Morgan fingerprint density at radius 2 is 1.56 bits per heavy atom. The lowest BCUT2D eigenvalue weighted by Gasteiger charge is -2.32. The zero-order valence-corrected chi connectivity index (χ0v) is 11.8. The van der Waals surface area contributed by atoms with Gasteiger partial charge in [0.25, 0.3) is 0 Å². The van der Waals surface area contributed by atoms with Gasteiger partial charge in [0.05, 0.1) is 0 Å². The highest BCUT2D eigenvalue weighted by Crippen LogP contribution is 2.29. The smallest absolute Gasteiger partial charge is 0.00673 e. The second-order valence-electron chi connectivity index (χ2n) is 5.95. The minimum atomic E-state index is 0.815. The van der Waals surface area contributed by atoms with Gasteiger partial charge in [-0.2, -0.15) is 0 Å². The summed E-state index contributed by atoms with van der Waals surface area (Å²) in [4.78, 5) is 0. The molecule has 96 valence electrons. The summed E-state index contributed by atoms with van der Waals surface area (Å²) < 4.78 is 0. The molecule has 0 aliphatic heterocycles. The highest BCUT2D eigenvalue weighted by atomic mass is 14.9. The third-order valence-electron chi connectivity index (χ3n) is 4.56. The van der Waals surface area contributed by atoms with Crippen LogP contribution in [0, 0.1) is 17.8 Å². The average Bonchev–Trinajstić information content (AvgIpc) is 2.31. The summed E-state index contributed by atoms with van der Waals surface area (Å²) in [5.41, 5.74) is 0. The normalized spacial score (nSPS) is 26.6. The van der Waals surface area contributed by atoms with Gasteiger partial charge in [-0.3, -0.25) is 0 Å². The van der Waals surface area contributed by atoms with E-state index in [-0.39, 0.29) is 0 Å². The van der Waals surface area contributed by atoms with Crippen LogP contribution < -0.4 is 5.32 Å². The van der Waals surface area contributed by atoms with E-state index >= 15 is 0 Å². The maximum absolute atomic E-state index is 3.78. The van der Waals surface area contributed by atoms with Crippen molar-refractivity contribution in [3.05, 3.63) is 0 Å². The summed E-state index contributed by atoms with van der Waals surface area (Å²) in [6, 6.07) is 0.815. The van der Waals surface area contributed by atoms with Crippen LogP contribution in [0.5, 0.6) is 0 Å². The van der Waals surface area contributed by atoms with E-state index in [0.717, 1.165) is 23.8 Å². The van der Waals surface area contributed by atoms with Crippen LogP contribution >= 0.6 is 0 Å². The Bertz CT molecular complexity index is 164. The van der Waals surface area contributed by atoms with E-state index in [4.69, 9.17) is 0 Å². The lowest BCUT2D eigenvalue weighted by atomic mass is 9.79. The average molecular weight is 225 g/mol. The Hall–Kier alpha value is -0.0400. The zero-order valence-electron chi connectivity index (χ0n) is 11.8. The molecule has 1 aliphatic rings. The van der Waals surface area contributed by atoms with Crippen molar-refractivity contribution in [2.75, 3.05) is 6.54 Å². The van der Waals surface area contributed by atoms with Crippen molar-refractivity contribution in [1.82, 2.24) is 5.32 Å². The molecule has 1 rings (SSSR count). The lowest BCUT2D eigenvalue weighted by molar-refractivity contribution is 0.232. The Kier molecular flexibility index (Phi) is 6.41. The van der Waals surface area contributed by atoms with Crippen LogP contribution in [0.15, 0.2) is 0 Å². The first-order valence-corrected chi connectivity index (χ1v) is 7.40. The summed E-state index contributed by atoms with van der Waals surface area (Å²) in [7, 11) is 0. The standard InChI is InChI=1S/C15H31N/c1-5-13(6-2)11-16-15-9-7-14(8-10-15)12(3)4/h12-16H,5-11H2,1-4H3. The van der Waals surface area contributed by atoms with Crippen molar-refractivity contribution in [2.24, 2.45) is 17.8 Å². The van der Waals surface area contributed by atoms with Gasteiger partial charge in [0.15, 0.2) is 0 Å². The van der Waals surface area contributed by atoms with Gasteiger partial charge in [0, 0.05) is 6.04 Å². The van der Waals surface area contributed by atoms with Crippen molar-refractivity contribution in [3.8, 4) is 0 Å². The highest BCUT2D eigenvalue weighted by molar-refractivity contribution is 4.79. The predicted octanol–water partition coefficient (Wildman–Crippen LogP) is 4.23. The quantitative estimate of drug-likeness (QED) is 0.713. The Balaban J connectivity index is 2.17. The van der Waals surface area contributed by atoms with Gasteiger partial charge >= 0.3 is 0 Å². The van der Waals surface area contributed by atoms with E-state index in [0.29, 0.717) is 0 Å². The topological polar surface area (TPSA) is 12.0 Å². The van der Waals surface area contributed by atoms with Crippen molar-refractivity contribution in [1.29, 1.82) is 0 Å². The van der Waals surface area contributed by atoms with Crippen LogP contribution in [0.25, 0.3) is 0 Å². The van der Waals surface area contributed by atoms with Crippen LogP contribution in [0.3, 0.4) is 0 Å². The van der Waals surface area contributed by atoms with Crippen molar-refractivity contribution >= 4 is 0 Å². The molecule has 1 aliphatic carbocycles. The van der Waals surface area contributed by atoms with E-state index in [1.54, 1.807) is 0 Å². The molecule has 0 aromatic carbocycles. The third kappa shape index (κ3) is 4.45. The minimum absolute atomic E-state index is 0.815. The molecule has 1 fully saturated rings. The molecular weight excluding hydrogens is 194 g/mol. The van der Waals surface area contributed by atoms with Crippen LogP contribution in [0.2, 0.25) is 0 Å². The van der Waals surface area contributed by atoms with Crippen LogP contribution in [0.1, 0.15) is 66.2 Å². The third-order valence-corrected chi connectivity index (χ3v) is 4.56. The van der Waals surface area contributed by atoms with Gasteiger partial charge in [-0.15, -0.1) is 0 Å². The maximum Gasteiger partial charge on any atom is 0.00673 e. The summed E-state index contributed by atoms with van der Waals surface area (Å²) in [6.07, 6.45) is 8.35. The summed E-state index contributed by atoms with van der Waals surface area (Å²) in [6.45, 7) is 10.6. The van der Waals surface area contributed by atoms with E-state index in [1.807, 2.05) is 0 Å². The molecule has 1 saturated carbocycles. The number of hydrogen-bond acceptors (Lipinski definition) is 1. The zero-order chi connectivity index (χ0) is 12.0. The minimum Gasteiger partial charge on any atom is -0.314 e. The predicted molar refractivity (Wildman–Crippen MR) is 72.7 cm³/mol. The second kappa shape index (κ2) is 7.32. The lowest BCUT2D eigenvalue weighted by Crippen LogP contribution is -2.36. The van der Waals surface area contributed by atoms with E-state index in [9.17, 15) is 0 Å². The fourth-order valence-electron chi connectivity index (χ4n) is 2.90. The Labute approximate surface area is 102 Å². The molecule has 0 atom stereocenters. The molecule has 0 aromatic rings. The fourth-order valence-corrected chi connectivity index (χ4v) is 2.90. The van der Waals surface area contributed by atoms with E-state index in [2.05, 4.69) is 33.0 Å². The molecule has 0 saturated heterocycles. The first-order valence-electron chi connectivity index (χ1n) is 7.40. The second-order valence-corrected chi connectivity index (χ2v) is 5.95. The van der Waals surface area contributed by atoms with Gasteiger partial charge in [0.1, 0.15) is 0 Å². The molecule has 0 bridgehead atoms. The largest absolute Gasteiger partial charge is 0.314 e. The maximum atomic E-state index is 3.78. The Morgan fingerprint density at radius 3 is 2.00 bits per heavy atom. The number of rotatable bonds is 6. The molecule has 1 N–H and O–H groups in total. The van der Waals surface area contributed by atoms with Gasteiger partial charge < -0.3 is 5.32 Å².